The van der Waals surface area contributed by atoms with E-state index < -0.39 is 5.97 Å². The summed E-state index contributed by atoms with van der Waals surface area (Å²) in [6.07, 6.45) is 4.80. The number of nitrogens with zero attached hydrogens (tertiary/aromatic N) is 1. The number of para-hydroxylation sites is 2. The number of ether oxygens (including phenoxy) is 1. The number of esters is 1. The average Bonchev–Trinajstić information content (AvgIpc) is 3.10. The lowest BCUT2D eigenvalue weighted by molar-refractivity contribution is 0.0565. The van der Waals surface area contributed by atoms with Crippen molar-refractivity contribution in [3.8, 4) is 0 Å². The molecule has 0 saturated carbocycles. The second-order valence-electron chi connectivity index (χ2n) is 4.05. The van der Waals surface area contributed by atoms with Gasteiger partial charge in [-0.1, -0.05) is 12.1 Å². The summed E-state index contributed by atoms with van der Waals surface area (Å²) in [6, 6.07) is 9.16. The molecular formula is C15H11NO4. The van der Waals surface area contributed by atoms with E-state index in [4.69, 9.17) is 8.83 Å². The van der Waals surface area contributed by atoms with Gasteiger partial charge in [0.05, 0.1) is 13.4 Å². The first-order valence-electron chi connectivity index (χ1n) is 5.97. The fraction of sp³-hybridized carbons (Fsp3) is 0.0667. The van der Waals surface area contributed by atoms with Gasteiger partial charge in [0.2, 0.25) is 11.7 Å². The third-order valence-corrected chi connectivity index (χ3v) is 2.78. The van der Waals surface area contributed by atoms with Crippen LogP contribution < -0.4 is 0 Å². The van der Waals surface area contributed by atoms with Crippen LogP contribution in [0.5, 0.6) is 0 Å². The van der Waals surface area contributed by atoms with Crippen LogP contribution in [0.1, 0.15) is 22.0 Å². The normalized spacial score (nSPS) is 11.2. The molecule has 2 aromatic heterocycles. The van der Waals surface area contributed by atoms with Crippen LogP contribution in [0.15, 0.2) is 45.4 Å². The molecule has 0 unspecified atom stereocenters. The molecule has 20 heavy (non-hydrogen) atoms. The van der Waals surface area contributed by atoms with Crippen LogP contribution >= 0.6 is 0 Å². The fourth-order valence-corrected chi connectivity index (χ4v) is 1.83. The summed E-state index contributed by atoms with van der Waals surface area (Å²) in [4.78, 5) is 15.8. The van der Waals surface area contributed by atoms with Crippen molar-refractivity contribution < 1.29 is 18.4 Å². The molecule has 0 saturated heterocycles. The van der Waals surface area contributed by atoms with Crippen molar-refractivity contribution in [3.63, 3.8) is 0 Å². The van der Waals surface area contributed by atoms with Crippen LogP contribution in [-0.4, -0.2) is 18.1 Å². The Morgan fingerprint density at radius 3 is 2.90 bits per heavy atom. The number of methoxy groups -OCH3 is 1. The van der Waals surface area contributed by atoms with Gasteiger partial charge in [-0.05, 0) is 24.3 Å². The van der Waals surface area contributed by atoms with Crippen LogP contribution in [0.3, 0.4) is 0 Å². The van der Waals surface area contributed by atoms with Gasteiger partial charge < -0.3 is 13.6 Å². The Morgan fingerprint density at radius 2 is 2.10 bits per heavy atom. The van der Waals surface area contributed by atoms with Gasteiger partial charge in [0, 0.05) is 11.6 Å². The van der Waals surface area contributed by atoms with Gasteiger partial charge in [0.25, 0.3) is 0 Å². The minimum Gasteiger partial charge on any atom is -0.463 e. The maximum Gasteiger partial charge on any atom is 0.374 e. The van der Waals surface area contributed by atoms with Crippen molar-refractivity contribution in [2.24, 2.45) is 0 Å². The first kappa shape index (κ1) is 12.2. The van der Waals surface area contributed by atoms with E-state index in [0.29, 0.717) is 17.0 Å². The van der Waals surface area contributed by atoms with E-state index in [-0.39, 0.29) is 5.76 Å². The summed E-state index contributed by atoms with van der Waals surface area (Å²) >= 11 is 0. The van der Waals surface area contributed by atoms with Gasteiger partial charge in [-0.15, -0.1) is 0 Å². The highest BCUT2D eigenvalue weighted by molar-refractivity contribution is 5.91. The Balaban J connectivity index is 1.90. The highest BCUT2D eigenvalue weighted by Crippen LogP contribution is 2.18. The predicted octanol–water partition coefficient (Wildman–Crippen LogP) is 3.38. The molecule has 0 amide bonds. The topological polar surface area (TPSA) is 65.5 Å². The number of carbonyl (C=O) groups is 1. The maximum absolute atomic E-state index is 11.5. The second kappa shape index (κ2) is 5.05. The molecule has 100 valence electrons. The number of oxazole rings is 1. The largest absolute Gasteiger partial charge is 0.463 e. The van der Waals surface area contributed by atoms with Crippen molar-refractivity contribution in [3.05, 3.63) is 53.8 Å². The molecule has 5 heteroatoms. The molecule has 0 N–H and O–H groups in total. The van der Waals surface area contributed by atoms with E-state index in [0.717, 1.165) is 5.52 Å². The Morgan fingerprint density at radius 1 is 1.25 bits per heavy atom. The van der Waals surface area contributed by atoms with E-state index in [9.17, 15) is 4.79 Å². The van der Waals surface area contributed by atoms with Gasteiger partial charge in [-0.3, -0.25) is 0 Å². The Bertz CT molecular complexity index is 749. The second-order valence-corrected chi connectivity index (χ2v) is 4.05. The number of fused-ring (bicyclic) bond motifs is 1. The molecule has 0 spiro atoms. The first-order chi connectivity index (χ1) is 9.78. The summed E-state index contributed by atoms with van der Waals surface area (Å²) < 4.78 is 15.3. The van der Waals surface area contributed by atoms with Crippen molar-refractivity contribution in [2.75, 3.05) is 7.11 Å². The van der Waals surface area contributed by atoms with Crippen LogP contribution in [-0.2, 0) is 4.74 Å². The SMILES string of the molecule is COC(=O)c1occc1/C=C/c1nc2ccccc2o1. The molecule has 1 aromatic carbocycles. The summed E-state index contributed by atoms with van der Waals surface area (Å²) in [7, 11) is 1.30. The van der Waals surface area contributed by atoms with E-state index in [1.54, 1.807) is 18.2 Å². The van der Waals surface area contributed by atoms with E-state index in [2.05, 4.69) is 9.72 Å². The lowest BCUT2D eigenvalue weighted by atomic mass is 10.2. The van der Waals surface area contributed by atoms with E-state index >= 15 is 0 Å². The summed E-state index contributed by atoms with van der Waals surface area (Å²) in [5.41, 5.74) is 2.11. The summed E-state index contributed by atoms with van der Waals surface area (Å²) in [6.45, 7) is 0. The molecule has 0 fully saturated rings. The van der Waals surface area contributed by atoms with Crippen LogP contribution in [0.4, 0.5) is 0 Å². The molecule has 3 rings (SSSR count). The zero-order chi connectivity index (χ0) is 13.9. The number of hydrogen-bond acceptors (Lipinski definition) is 5. The third-order valence-electron chi connectivity index (χ3n) is 2.78. The number of hydrogen-bond donors (Lipinski definition) is 0. The molecule has 0 aliphatic heterocycles. The van der Waals surface area contributed by atoms with Gasteiger partial charge >= 0.3 is 5.97 Å². The Labute approximate surface area is 114 Å². The molecule has 0 aliphatic rings. The lowest BCUT2D eigenvalue weighted by Gasteiger charge is -1.94. The van der Waals surface area contributed by atoms with E-state index in [1.807, 2.05) is 24.3 Å². The average molecular weight is 269 g/mol. The zero-order valence-electron chi connectivity index (χ0n) is 10.7. The van der Waals surface area contributed by atoms with Crippen LogP contribution in [0.25, 0.3) is 23.3 Å². The van der Waals surface area contributed by atoms with Gasteiger partial charge in [0.15, 0.2) is 5.58 Å². The fourth-order valence-electron chi connectivity index (χ4n) is 1.83. The van der Waals surface area contributed by atoms with Crippen molar-refractivity contribution in [1.82, 2.24) is 4.98 Å². The standard InChI is InChI=1S/C15H11NO4/c1-18-15(17)14-10(8-9-19-14)6-7-13-16-11-4-2-3-5-12(11)20-13/h2-9H,1H3/b7-6+. The van der Waals surface area contributed by atoms with Crippen LogP contribution in [0, 0.1) is 0 Å². The molecule has 5 nitrogen and oxygen atoms in total. The summed E-state index contributed by atoms with van der Waals surface area (Å²) in [5, 5.41) is 0. The minimum absolute atomic E-state index is 0.153. The Hall–Kier alpha value is -2.82. The number of carbonyl (C=O) groups excluding carboxylic acids is 1. The van der Waals surface area contributed by atoms with Crippen LogP contribution in [0.2, 0.25) is 0 Å². The molecule has 0 radical (unpaired) electrons. The van der Waals surface area contributed by atoms with E-state index in [1.165, 1.54) is 13.4 Å². The van der Waals surface area contributed by atoms with Crippen molar-refractivity contribution in [1.29, 1.82) is 0 Å². The molecular weight excluding hydrogens is 258 g/mol. The minimum atomic E-state index is -0.521. The quantitative estimate of drug-likeness (QED) is 0.682. The number of aromatic nitrogens is 1. The van der Waals surface area contributed by atoms with Gasteiger partial charge in [0.1, 0.15) is 5.52 Å². The Kier molecular flexibility index (Phi) is 3.09. The zero-order valence-corrected chi connectivity index (χ0v) is 10.7. The molecule has 3 aromatic rings. The number of benzene rings is 1. The third kappa shape index (κ3) is 2.21. The van der Waals surface area contributed by atoms with Gasteiger partial charge in [-0.25, -0.2) is 9.78 Å². The number of rotatable bonds is 3. The maximum atomic E-state index is 11.5. The highest BCUT2D eigenvalue weighted by atomic mass is 16.5. The smallest absolute Gasteiger partial charge is 0.374 e. The predicted molar refractivity (Wildman–Crippen MR) is 73.0 cm³/mol. The van der Waals surface area contributed by atoms with Gasteiger partial charge in [-0.2, -0.15) is 0 Å². The molecule has 0 atom stereocenters. The molecule has 0 aliphatic carbocycles. The van der Waals surface area contributed by atoms with Crippen molar-refractivity contribution in [2.45, 2.75) is 0 Å². The van der Waals surface area contributed by atoms with Crippen molar-refractivity contribution >= 4 is 29.2 Å². The summed E-state index contributed by atoms with van der Waals surface area (Å²) in [5.74, 6) is 0.0929. The molecule has 0 bridgehead atoms. The first-order valence-corrected chi connectivity index (χ1v) is 5.97. The monoisotopic (exact) mass is 269 g/mol. The lowest BCUT2D eigenvalue weighted by Crippen LogP contribution is -2.00. The highest BCUT2D eigenvalue weighted by Gasteiger charge is 2.13. The number of furan rings is 1. The molecule has 2 heterocycles.